The maximum atomic E-state index is 5.88. The van der Waals surface area contributed by atoms with Crippen molar-refractivity contribution in [3.05, 3.63) is 0 Å². The number of rotatable bonds is 6. The molecule has 3 saturated heterocycles. The lowest BCUT2D eigenvalue weighted by molar-refractivity contribution is 0.0372. The van der Waals surface area contributed by atoms with E-state index in [-0.39, 0.29) is 0 Å². The number of hydrogen-bond acceptors (Lipinski definition) is 4. The van der Waals surface area contributed by atoms with Gasteiger partial charge in [0.2, 0.25) is 0 Å². The topological polar surface area (TPSA) is 58.1 Å². The highest BCUT2D eigenvalue weighted by Crippen LogP contribution is 2.34. The van der Waals surface area contributed by atoms with Gasteiger partial charge >= 0.3 is 0 Å². The van der Waals surface area contributed by atoms with Crippen molar-refractivity contribution in [3.63, 3.8) is 0 Å². The molecule has 3 atom stereocenters. The average Bonchev–Trinajstić information content (AvgIpc) is 3.17. The fourth-order valence-electron chi connectivity index (χ4n) is 3.65. The highest BCUT2D eigenvalue weighted by atomic mass is 16.5. The molecule has 0 amide bonds. The molecule has 3 rings (SSSR count). The number of ether oxygens (including phenoxy) is 2. The summed E-state index contributed by atoms with van der Waals surface area (Å²) in [4.78, 5) is 6.82. The molecule has 0 aromatic carbocycles. The minimum atomic E-state index is 0.393. The minimum Gasteiger partial charge on any atom is -0.379 e. The summed E-state index contributed by atoms with van der Waals surface area (Å²) in [6, 6.07) is 0.443. The van der Waals surface area contributed by atoms with Crippen LogP contribution in [-0.4, -0.2) is 75.5 Å². The Bertz CT molecular complexity index is 371. The maximum Gasteiger partial charge on any atom is 0.191 e. The fourth-order valence-corrected chi connectivity index (χ4v) is 3.65. The van der Waals surface area contributed by atoms with Gasteiger partial charge in [0, 0.05) is 26.7 Å². The molecule has 3 fully saturated rings. The summed E-state index contributed by atoms with van der Waals surface area (Å²) in [5, 5.41) is 6.96. The largest absolute Gasteiger partial charge is 0.379 e. The van der Waals surface area contributed by atoms with Gasteiger partial charge in [-0.05, 0) is 38.6 Å². The van der Waals surface area contributed by atoms with Gasteiger partial charge in [-0.1, -0.05) is 0 Å². The standard InChI is InChI=1S/C16H30N4O2/c1-17-16(19-14-12-13-4-5-15(14)22-13)18-6-2-3-7-20-8-10-21-11-9-20/h13-15H,2-12H2,1H3,(H2,17,18,19). The van der Waals surface area contributed by atoms with Crippen molar-refractivity contribution in [2.75, 3.05) is 46.4 Å². The van der Waals surface area contributed by atoms with Crippen molar-refractivity contribution in [2.45, 2.75) is 50.4 Å². The van der Waals surface area contributed by atoms with Crippen molar-refractivity contribution in [2.24, 2.45) is 4.99 Å². The fraction of sp³-hybridized carbons (Fsp3) is 0.938. The molecule has 2 bridgehead atoms. The number of morpholine rings is 1. The van der Waals surface area contributed by atoms with Gasteiger partial charge in [0.1, 0.15) is 0 Å². The quantitative estimate of drug-likeness (QED) is 0.427. The Balaban J connectivity index is 1.27. The molecule has 6 heteroatoms. The normalized spacial score (nSPS) is 32.4. The number of nitrogens with one attached hydrogen (secondary N) is 2. The van der Waals surface area contributed by atoms with E-state index in [2.05, 4.69) is 20.5 Å². The Labute approximate surface area is 133 Å². The van der Waals surface area contributed by atoms with E-state index in [1.807, 2.05) is 7.05 Å². The molecule has 3 aliphatic rings. The van der Waals surface area contributed by atoms with Crippen LogP contribution in [-0.2, 0) is 9.47 Å². The molecule has 3 aliphatic heterocycles. The Kier molecular flexibility index (Phi) is 5.92. The first-order valence-corrected chi connectivity index (χ1v) is 8.78. The number of guanidine groups is 1. The van der Waals surface area contributed by atoms with Crippen LogP contribution in [0, 0.1) is 0 Å². The lowest BCUT2D eigenvalue weighted by Gasteiger charge is -2.26. The van der Waals surface area contributed by atoms with Crippen LogP contribution in [0.5, 0.6) is 0 Å². The molecule has 3 unspecified atom stereocenters. The van der Waals surface area contributed by atoms with Gasteiger partial charge in [-0.2, -0.15) is 0 Å². The van der Waals surface area contributed by atoms with Gasteiger partial charge in [-0.3, -0.25) is 9.89 Å². The highest BCUT2D eigenvalue weighted by Gasteiger charge is 2.41. The average molecular weight is 310 g/mol. The Morgan fingerprint density at radius 3 is 2.77 bits per heavy atom. The zero-order valence-corrected chi connectivity index (χ0v) is 13.7. The van der Waals surface area contributed by atoms with Crippen LogP contribution in [0.4, 0.5) is 0 Å². The Hall–Kier alpha value is -0.850. The van der Waals surface area contributed by atoms with Gasteiger partial charge in [0.15, 0.2) is 5.96 Å². The minimum absolute atomic E-state index is 0.393. The number of nitrogens with zero attached hydrogens (tertiary/aromatic N) is 2. The van der Waals surface area contributed by atoms with Gasteiger partial charge in [-0.15, -0.1) is 0 Å². The van der Waals surface area contributed by atoms with E-state index in [4.69, 9.17) is 9.47 Å². The molecular weight excluding hydrogens is 280 g/mol. The number of unbranched alkanes of at least 4 members (excludes halogenated alkanes) is 1. The Morgan fingerprint density at radius 2 is 2.09 bits per heavy atom. The SMILES string of the molecule is CN=C(NCCCCN1CCOCC1)NC1CC2CCC1O2. The zero-order chi connectivity index (χ0) is 15.2. The first-order chi connectivity index (χ1) is 10.8. The molecule has 0 radical (unpaired) electrons. The van der Waals surface area contributed by atoms with Crippen LogP contribution in [0.2, 0.25) is 0 Å². The lowest BCUT2D eigenvalue weighted by Crippen LogP contribution is -2.47. The first kappa shape index (κ1) is 16.0. The molecular formula is C16H30N4O2. The second-order valence-electron chi connectivity index (χ2n) is 6.52. The highest BCUT2D eigenvalue weighted by molar-refractivity contribution is 5.80. The smallest absolute Gasteiger partial charge is 0.191 e. The summed E-state index contributed by atoms with van der Waals surface area (Å²) in [5.41, 5.74) is 0. The summed E-state index contributed by atoms with van der Waals surface area (Å²) in [6.45, 7) is 6.10. The summed E-state index contributed by atoms with van der Waals surface area (Å²) < 4.78 is 11.2. The van der Waals surface area contributed by atoms with Crippen LogP contribution < -0.4 is 10.6 Å². The molecule has 126 valence electrons. The summed E-state index contributed by atoms with van der Waals surface area (Å²) in [5.74, 6) is 0.924. The van der Waals surface area contributed by atoms with Crippen LogP contribution in [0.25, 0.3) is 0 Å². The van der Waals surface area contributed by atoms with E-state index in [0.29, 0.717) is 18.2 Å². The van der Waals surface area contributed by atoms with E-state index in [0.717, 1.165) is 45.2 Å². The molecule has 2 N–H and O–H groups in total. The molecule has 22 heavy (non-hydrogen) atoms. The number of hydrogen-bond donors (Lipinski definition) is 2. The van der Waals surface area contributed by atoms with Crippen molar-refractivity contribution < 1.29 is 9.47 Å². The molecule has 0 spiro atoms. The summed E-state index contributed by atoms with van der Waals surface area (Å²) in [6.07, 6.45) is 6.82. The lowest BCUT2D eigenvalue weighted by atomic mass is 9.96. The third-order valence-electron chi connectivity index (χ3n) is 4.95. The third-order valence-corrected chi connectivity index (χ3v) is 4.95. The summed E-state index contributed by atoms with van der Waals surface area (Å²) in [7, 11) is 1.84. The molecule has 0 saturated carbocycles. The third kappa shape index (κ3) is 4.33. The van der Waals surface area contributed by atoms with Gasteiger partial charge < -0.3 is 20.1 Å². The van der Waals surface area contributed by atoms with E-state index in [1.165, 1.54) is 32.2 Å². The first-order valence-electron chi connectivity index (χ1n) is 8.78. The van der Waals surface area contributed by atoms with Gasteiger partial charge in [0.25, 0.3) is 0 Å². The number of aliphatic imine (C=N–C) groups is 1. The van der Waals surface area contributed by atoms with Crippen molar-refractivity contribution >= 4 is 5.96 Å². The Morgan fingerprint density at radius 1 is 1.23 bits per heavy atom. The number of fused-ring (bicyclic) bond motifs is 2. The second kappa shape index (κ2) is 8.13. The van der Waals surface area contributed by atoms with Crippen LogP contribution in [0.15, 0.2) is 4.99 Å². The van der Waals surface area contributed by atoms with E-state index < -0.39 is 0 Å². The molecule has 6 nitrogen and oxygen atoms in total. The molecule has 0 aliphatic carbocycles. The predicted molar refractivity (Wildman–Crippen MR) is 87.3 cm³/mol. The van der Waals surface area contributed by atoms with Crippen LogP contribution in [0.1, 0.15) is 32.1 Å². The van der Waals surface area contributed by atoms with E-state index in [1.54, 1.807) is 0 Å². The maximum absolute atomic E-state index is 5.88. The monoisotopic (exact) mass is 310 g/mol. The molecule has 0 aromatic rings. The molecule has 0 aromatic heterocycles. The van der Waals surface area contributed by atoms with Gasteiger partial charge in [0.05, 0.1) is 31.5 Å². The van der Waals surface area contributed by atoms with Gasteiger partial charge in [-0.25, -0.2) is 0 Å². The van der Waals surface area contributed by atoms with Crippen LogP contribution >= 0.6 is 0 Å². The van der Waals surface area contributed by atoms with E-state index >= 15 is 0 Å². The predicted octanol–water partition coefficient (Wildman–Crippen LogP) is 0.584. The van der Waals surface area contributed by atoms with Crippen molar-refractivity contribution in [3.8, 4) is 0 Å². The van der Waals surface area contributed by atoms with Crippen molar-refractivity contribution in [1.29, 1.82) is 0 Å². The van der Waals surface area contributed by atoms with Crippen molar-refractivity contribution in [1.82, 2.24) is 15.5 Å². The zero-order valence-electron chi connectivity index (χ0n) is 13.7. The van der Waals surface area contributed by atoms with Crippen LogP contribution in [0.3, 0.4) is 0 Å². The summed E-state index contributed by atoms with van der Waals surface area (Å²) >= 11 is 0. The van der Waals surface area contributed by atoms with E-state index in [9.17, 15) is 0 Å². The second-order valence-corrected chi connectivity index (χ2v) is 6.52. The molecule has 3 heterocycles.